The van der Waals surface area contributed by atoms with Crippen LogP contribution in [-0.2, 0) is 14.3 Å². The maximum atomic E-state index is 11.9. The van der Waals surface area contributed by atoms with Gasteiger partial charge in [0.05, 0.1) is 11.1 Å². The van der Waals surface area contributed by atoms with Gasteiger partial charge in [-0.15, -0.1) is 0 Å². The molecule has 1 N–H and O–H groups in total. The summed E-state index contributed by atoms with van der Waals surface area (Å²) in [5, 5.41) is 7.83. The molecule has 21 heavy (non-hydrogen) atoms. The number of ether oxygens (including phenoxy) is 2. The van der Waals surface area contributed by atoms with Crippen molar-refractivity contribution in [3.8, 4) is 0 Å². The van der Waals surface area contributed by atoms with E-state index in [1.165, 1.54) is 0 Å². The number of carbonyl (C=O) groups excluding carboxylic acids is 2. The molecular formula is C14H15IN2O4. The number of rotatable bonds is 3. The van der Waals surface area contributed by atoms with Crippen LogP contribution in [0.5, 0.6) is 0 Å². The number of nitrogens with one attached hydrogen (secondary N) is 1. The van der Waals surface area contributed by atoms with Gasteiger partial charge >= 0.3 is 11.9 Å². The van der Waals surface area contributed by atoms with Crippen molar-refractivity contribution in [2.75, 3.05) is 6.61 Å². The minimum Gasteiger partial charge on any atom is -0.457 e. The first-order chi connectivity index (χ1) is 9.76. The maximum Gasteiger partial charge on any atom is 0.344 e. The summed E-state index contributed by atoms with van der Waals surface area (Å²) in [7, 11) is 0. The maximum absolute atomic E-state index is 11.9. The fourth-order valence-electron chi connectivity index (χ4n) is 1.69. The van der Waals surface area contributed by atoms with Gasteiger partial charge in [0.25, 0.3) is 0 Å². The average molecular weight is 402 g/mol. The van der Waals surface area contributed by atoms with E-state index < -0.39 is 24.1 Å². The lowest BCUT2D eigenvalue weighted by atomic mass is 10.2. The SMILES string of the molecule is CC(C)(C)OC(=O)COC(=O)c1ccc2c(I)[nH]nc2c1. The van der Waals surface area contributed by atoms with Gasteiger partial charge in [0, 0.05) is 5.39 Å². The third-order valence-electron chi connectivity index (χ3n) is 2.49. The van der Waals surface area contributed by atoms with Crippen LogP contribution in [0, 0.1) is 3.70 Å². The van der Waals surface area contributed by atoms with E-state index in [4.69, 9.17) is 9.47 Å². The highest BCUT2D eigenvalue weighted by Crippen LogP contribution is 2.19. The molecule has 0 fully saturated rings. The molecule has 6 nitrogen and oxygen atoms in total. The van der Waals surface area contributed by atoms with E-state index in [1.54, 1.807) is 39.0 Å². The quantitative estimate of drug-likeness (QED) is 0.631. The molecule has 0 unspecified atom stereocenters. The van der Waals surface area contributed by atoms with E-state index in [1.807, 2.05) is 0 Å². The smallest absolute Gasteiger partial charge is 0.344 e. The summed E-state index contributed by atoms with van der Waals surface area (Å²) in [4.78, 5) is 23.4. The molecule has 7 heteroatoms. The molecule has 112 valence electrons. The van der Waals surface area contributed by atoms with Crippen LogP contribution in [0.3, 0.4) is 0 Å². The number of benzene rings is 1. The van der Waals surface area contributed by atoms with E-state index in [0.29, 0.717) is 11.1 Å². The van der Waals surface area contributed by atoms with Crippen LogP contribution in [0.1, 0.15) is 31.1 Å². The van der Waals surface area contributed by atoms with Crippen LogP contribution in [-0.4, -0.2) is 34.3 Å². The summed E-state index contributed by atoms with van der Waals surface area (Å²) >= 11 is 2.12. The molecule has 0 radical (unpaired) electrons. The lowest BCUT2D eigenvalue weighted by Crippen LogP contribution is -2.27. The highest BCUT2D eigenvalue weighted by atomic mass is 127. The highest BCUT2D eigenvalue weighted by molar-refractivity contribution is 14.1. The van der Waals surface area contributed by atoms with Crippen molar-refractivity contribution in [1.82, 2.24) is 10.2 Å². The molecular weight excluding hydrogens is 387 g/mol. The predicted molar refractivity (Wildman–Crippen MR) is 84.9 cm³/mol. The third kappa shape index (κ3) is 4.16. The molecule has 0 aliphatic rings. The standard InChI is InChI=1S/C14H15IN2O4/c1-14(2,3)21-11(18)7-20-13(19)8-4-5-9-10(6-8)16-17-12(9)15/h4-6H,7H2,1-3H3,(H,16,17). The Hall–Kier alpha value is -1.64. The number of aromatic amines is 1. The monoisotopic (exact) mass is 402 g/mol. The van der Waals surface area contributed by atoms with Crippen molar-refractivity contribution in [3.63, 3.8) is 0 Å². The number of aromatic nitrogens is 2. The van der Waals surface area contributed by atoms with E-state index in [9.17, 15) is 9.59 Å². The molecule has 0 saturated heterocycles. The van der Waals surface area contributed by atoms with Gasteiger partial charge in [-0.25, -0.2) is 9.59 Å². The van der Waals surface area contributed by atoms with E-state index in [-0.39, 0.29) is 0 Å². The van der Waals surface area contributed by atoms with Crippen LogP contribution in [0.2, 0.25) is 0 Å². The Kier molecular flexibility index (Phi) is 4.50. The average Bonchev–Trinajstić information content (AvgIpc) is 2.75. The summed E-state index contributed by atoms with van der Waals surface area (Å²) in [5.74, 6) is -1.16. The Labute approximate surface area is 135 Å². The van der Waals surface area contributed by atoms with Crippen molar-refractivity contribution in [1.29, 1.82) is 0 Å². The topological polar surface area (TPSA) is 81.3 Å². The van der Waals surface area contributed by atoms with Crippen LogP contribution in [0.15, 0.2) is 18.2 Å². The van der Waals surface area contributed by atoms with E-state index in [2.05, 4.69) is 32.8 Å². The van der Waals surface area contributed by atoms with Crippen molar-refractivity contribution in [3.05, 3.63) is 27.5 Å². The molecule has 1 heterocycles. The van der Waals surface area contributed by atoms with Gasteiger partial charge in [-0.2, -0.15) is 5.10 Å². The summed E-state index contributed by atoms with van der Waals surface area (Å²) < 4.78 is 10.9. The summed E-state index contributed by atoms with van der Waals surface area (Å²) in [6.07, 6.45) is 0. The van der Waals surface area contributed by atoms with Crippen LogP contribution in [0.25, 0.3) is 10.9 Å². The number of H-pyrrole nitrogens is 1. The van der Waals surface area contributed by atoms with Gasteiger partial charge in [-0.3, -0.25) is 5.10 Å². The van der Waals surface area contributed by atoms with Crippen LogP contribution >= 0.6 is 22.6 Å². The number of carbonyl (C=O) groups is 2. The molecule has 2 aromatic rings. The number of nitrogens with zero attached hydrogens (tertiary/aromatic N) is 1. The molecule has 1 aromatic heterocycles. The van der Waals surface area contributed by atoms with Gasteiger partial charge in [0.15, 0.2) is 6.61 Å². The molecule has 0 aliphatic carbocycles. The number of hydrogen-bond donors (Lipinski definition) is 1. The molecule has 0 saturated carbocycles. The molecule has 0 amide bonds. The largest absolute Gasteiger partial charge is 0.457 e. The molecule has 1 aromatic carbocycles. The second kappa shape index (κ2) is 6.00. The fraction of sp³-hybridized carbons (Fsp3) is 0.357. The predicted octanol–water partition coefficient (Wildman–Crippen LogP) is 2.67. The van der Waals surface area contributed by atoms with Gasteiger partial charge in [-0.05, 0) is 61.6 Å². The Morgan fingerprint density at radius 2 is 2.05 bits per heavy atom. The van der Waals surface area contributed by atoms with Gasteiger partial charge in [-0.1, -0.05) is 0 Å². The first kappa shape index (κ1) is 15.7. The summed E-state index contributed by atoms with van der Waals surface area (Å²) in [6, 6.07) is 5.04. The van der Waals surface area contributed by atoms with E-state index in [0.717, 1.165) is 9.09 Å². The second-order valence-electron chi connectivity index (χ2n) is 5.43. The zero-order valence-electron chi connectivity index (χ0n) is 11.9. The minimum absolute atomic E-state index is 0.342. The second-order valence-corrected chi connectivity index (χ2v) is 6.51. The van der Waals surface area contributed by atoms with Gasteiger partial charge in [0.1, 0.15) is 9.30 Å². The third-order valence-corrected chi connectivity index (χ3v) is 3.31. The lowest BCUT2D eigenvalue weighted by molar-refractivity contribution is -0.158. The number of fused-ring (bicyclic) bond motifs is 1. The minimum atomic E-state index is -0.603. The number of halogens is 1. The Balaban J connectivity index is 2.00. The van der Waals surface area contributed by atoms with Crippen LogP contribution in [0.4, 0.5) is 0 Å². The molecule has 0 atom stereocenters. The zero-order valence-corrected chi connectivity index (χ0v) is 14.1. The Morgan fingerprint density at radius 3 is 2.71 bits per heavy atom. The number of hydrogen-bond acceptors (Lipinski definition) is 5. The summed E-state index contributed by atoms with van der Waals surface area (Å²) in [6.45, 7) is 4.84. The van der Waals surface area contributed by atoms with Crippen LogP contribution < -0.4 is 0 Å². The van der Waals surface area contributed by atoms with Gasteiger partial charge in [0.2, 0.25) is 0 Å². The zero-order chi connectivity index (χ0) is 15.6. The molecule has 0 aliphatic heterocycles. The molecule has 2 rings (SSSR count). The van der Waals surface area contributed by atoms with Crippen molar-refractivity contribution in [2.24, 2.45) is 0 Å². The Morgan fingerprint density at radius 1 is 1.33 bits per heavy atom. The summed E-state index contributed by atoms with van der Waals surface area (Å²) in [5.41, 5.74) is 0.411. The molecule has 0 spiro atoms. The van der Waals surface area contributed by atoms with Crippen molar-refractivity contribution < 1.29 is 19.1 Å². The Bertz CT molecular complexity index is 688. The van der Waals surface area contributed by atoms with E-state index >= 15 is 0 Å². The number of esters is 2. The lowest BCUT2D eigenvalue weighted by Gasteiger charge is -2.19. The first-order valence-corrected chi connectivity index (χ1v) is 7.37. The first-order valence-electron chi connectivity index (χ1n) is 6.29. The van der Waals surface area contributed by atoms with Gasteiger partial charge < -0.3 is 9.47 Å². The fourth-order valence-corrected chi connectivity index (χ4v) is 2.26. The normalized spacial score (nSPS) is 11.4. The van der Waals surface area contributed by atoms with Crippen molar-refractivity contribution >= 4 is 45.4 Å². The molecule has 0 bridgehead atoms. The van der Waals surface area contributed by atoms with Crippen molar-refractivity contribution in [2.45, 2.75) is 26.4 Å². The highest BCUT2D eigenvalue weighted by Gasteiger charge is 2.18.